The maximum atomic E-state index is 6.66. The molecule has 0 saturated heterocycles. The molecule has 0 aliphatic rings. The number of furan rings is 2. The Morgan fingerprint density at radius 1 is 0.694 bits per heavy atom. The number of pyridine rings is 1. The fourth-order valence-electron chi connectivity index (χ4n) is 5.32. The van der Waals surface area contributed by atoms with Gasteiger partial charge < -0.3 is 8.83 Å². The first kappa shape index (κ1) is 20.7. The van der Waals surface area contributed by atoms with Gasteiger partial charge in [0.05, 0.1) is 5.69 Å². The molecule has 3 aromatic heterocycles. The second kappa shape index (κ2) is 7.96. The van der Waals surface area contributed by atoms with Crippen molar-refractivity contribution < 1.29 is 8.83 Å². The molecule has 0 spiro atoms. The third-order valence-electron chi connectivity index (χ3n) is 6.95. The fourth-order valence-corrected chi connectivity index (χ4v) is 5.32. The standard InChI is InChI=1S/C33H23NO2/c1-3-10-22-13-9-16-28-30(22)32-31-23-14-7-8-15-27(23)35-29(31)18-25(33(32)36-28)24-17-26(34-19-20(24)2)21-11-5-4-6-12-21/h3-19H,1-2H3/b10-3-. The molecule has 0 aliphatic heterocycles. The van der Waals surface area contributed by atoms with Crippen LogP contribution >= 0.6 is 0 Å². The SMILES string of the molecule is C/C=C\c1cccc2oc3c(-c4cc(-c5ccccc5)ncc4C)cc4oc5ccccc5c4c3c12. The van der Waals surface area contributed by atoms with Crippen molar-refractivity contribution in [3.63, 3.8) is 0 Å². The normalized spacial score (nSPS) is 12.1. The van der Waals surface area contributed by atoms with Crippen LogP contribution in [0.5, 0.6) is 0 Å². The van der Waals surface area contributed by atoms with E-state index in [2.05, 4.69) is 73.7 Å². The van der Waals surface area contributed by atoms with Crippen molar-refractivity contribution in [3.8, 4) is 22.4 Å². The predicted molar refractivity (Wildman–Crippen MR) is 149 cm³/mol. The first-order chi connectivity index (χ1) is 17.7. The van der Waals surface area contributed by atoms with Crippen LogP contribution < -0.4 is 0 Å². The molecule has 36 heavy (non-hydrogen) atoms. The van der Waals surface area contributed by atoms with E-state index in [0.29, 0.717) is 0 Å². The van der Waals surface area contributed by atoms with Crippen molar-refractivity contribution >= 4 is 50.0 Å². The summed E-state index contributed by atoms with van der Waals surface area (Å²) >= 11 is 0. The first-order valence-corrected chi connectivity index (χ1v) is 12.2. The number of rotatable bonds is 3. The number of fused-ring (bicyclic) bond motifs is 7. The van der Waals surface area contributed by atoms with Crippen molar-refractivity contribution in [2.45, 2.75) is 13.8 Å². The molecule has 0 amide bonds. The van der Waals surface area contributed by atoms with Gasteiger partial charge in [-0.05, 0) is 54.8 Å². The molecule has 0 unspecified atom stereocenters. The van der Waals surface area contributed by atoms with Crippen molar-refractivity contribution in [1.29, 1.82) is 0 Å². The van der Waals surface area contributed by atoms with E-state index >= 15 is 0 Å². The number of nitrogens with zero attached hydrogens (tertiary/aromatic N) is 1. The molecule has 0 fully saturated rings. The molecule has 0 atom stereocenters. The third-order valence-corrected chi connectivity index (χ3v) is 6.95. The Balaban J connectivity index is 1.66. The summed E-state index contributed by atoms with van der Waals surface area (Å²) in [6.07, 6.45) is 6.16. The van der Waals surface area contributed by atoms with E-state index in [1.54, 1.807) is 0 Å². The van der Waals surface area contributed by atoms with Crippen LogP contribution in [-0.4, -0.2) is 4.98 Å². The minimum atomic E-state index is 0.856. The molecule has 7 aromatic rings. The van der Waals surface area contributed by atoms with Gasteiger partial charge in [-0.25, -0.2) is 0 Å². The Hall–Kier alpha value is -4.63. The van der Waals surface area contributed by atoms with Gasteiger partial charge in [-0.3, -0.25) is 4.98 Å². The molecule has 3 heteroatoms. The molecule has 3 heterocycles. The molecule has 0 bridgehead atoms. The number of allylic oxidation sites excluding steroid dienone is 1. The van der Waals surface area contributed by atoms with Gasteiger partial charge >= 0.3 is 0 Å². The lowest BCUT2D eigenvalue weighted by atomic mass is 9.94. The summed E-state index contributed by atoms with van der Waals surface area (Å²) in [5.74, 6) is 0. The topological polar surface area (TPSA) is 39.2 Å². The van der Waals surface area contributed by atoms with Crippen LogP contribution in [0.3, 0.4) is 0 Å². The molecule has 172 valence electrons. The monoisotopic (exact) mass is 465 g/mol. The smallest absolute Gasteiger partial charge is 0.144 e. The van der Waals surface area contributed by atoms with E-state index in [4.69, 9.17) is 13.8 Å². The fraction of sp³-hybridized carbons (Fsp3) is 0.0606. The molecule has 7 rings (SSSR count). The van der Waals surface area contributed by atoms with E-state index in [-0.39, 0.29) is 0 Å². The molecule has 3 nitrogen and oxygen atoms in total. The number of para-hydroxylation sites is 1. The maximum Gasteiger partial charge on any atom is 0.144 e. The largest absolute Gasteiger partial charge is 0.456 e. The van der Waals surface area contributed by atoms with Gasteiger partial charge in [0.25, 0.3) is 0 Å². The Morgan fingerprint density at radius 3 is 2.36 bits per heavy atom. The Morgan fingerprint density at radius 2 is 1.50 bits per heavy atom. The number of benzene rings is 4. The lowest BCUT2D eigenvalue weighted by molar-refractivity contribution is 0.663. The lowest BCUT2D eigenvalue weighted by Gasteiger charge is -2.10. The minimum Gasteiger partial charge on any atom is -0.456 e. The number of hydrogen-bond acceptors (Lipinski definition) is 3. The highest BCUT2D eigenvalue weighted by Crippen LogP contribution is 2.46. The van der Waals surface area contributed by atoms with Gasteiger partial charge in [-0.1, -0.05) is 72.8 Å². The Kier molecular flexibility index (Phi) is 4.58. The summed E-state index contributed by atoms with van der Waals surface area (Å²) in [5.41, 5.74) is 9.80. The highest BCUT2D eigenvalue weighted by Gasteiger charge is 2.22. The second-order valence-corrected chi connectivity index (χ2v) is 9.17. The predicted octanol–water partition coefficient (Wildman–Crippen LogP) is 9.56. The van der Waals surface area contributed by atoms with Crippen LogP contribution in [0.15, 0.2) is 106 Å². The quantitative estimate of drug-likeness (QED) is 0.261. The van der Waals surface area contributed by atoms with Gasteiger partial charge in [0.15, 0.2) is 0 Å². The van der Waals surface area contributed by atoms with E-state index in [0.717, 1.165) is 77.4 Å². The summed E-state index contributed by atoms with van der Waals surface area (Å²) in [7, 11) is 0. The Bertz CT molecular complexity index is 1960. The van der Waals surface area contributed by atoms with E-state index in [9.17, 15) is 0 Å². The van der Waals surface area contributed by atoms with E-state index in [1.165, 1.54) is 0 Å². The average molecular weight is 466 g/mol. The van der Waals surface area contributed by atoms with Crippen LogP contribution in [-0.2, 0) is 0 Å². The molecule has 0 aliphatic carbocycles. The summed E-state index contributed by atoms with van der Waals surface area (Å²) in [5, 5.41) is 4.39. The summed E-state index contributed by atoms with van der Waals surface area (Å²) in [6.45, 7) is 4.14. The van der Waals surface area contributed by atoms with Gasteiger partial charge in [-0.15, -0.1) is 0 Å². The van der Waals surface area contributed by atoms with Gasteiger partial charge in [-0.2, -0.15) is 0 Å². The maximum absolute atomic E-state index is 6.66. The van der Waals surface area contributed by atoms with Crippen LogP contribution in [0, 0.1) is 6.92 Å². The average Bonchev–Trinajstić information content (AvgIpc) is 3.48. The van der Waals surface area contributed by atoms with Gasteiger partial charge in [0, 0.05) is 38.9 Å². The summed E-state index contributed by atoms with van der Waals surface area (Å²) in [4.78, 5) is 4.73. The number of hydrogen-bond donors (Lipinski definition) is 0. The zero-order valence-corrected chi connectivity index (χ0v) is 20.1. The molecule has 0 radical (unpaired) electrons. The zero-order chi connectivity index (χ0) is 24.2. The zero-order valence-electron chi connectivity index (χ0n) is 20.1. The van der Waals surface area contributed by atoms with Gasteiger partial charge in [0.2, 0.25) is 0 Å². The van der Waals surface area contributed by atoms with Crippen molar-refractivity contribution in [2.75, 3.05) is 0 Å². The van der Waals surface area contributed by atoms with Crippen LogP contribution in [0.2, 0.25) is 0 Å². The molecule has 4 aromatic carbocycles. The highest BCUT2D eigenvalue weighted by molar-refractivity contribution is 6.29. The van der Waals surface area contributed by atoms with Crippen LogP contribution in [0.1, 0.15) is 18.1 Å². The molecule has 0 N–H and O–H groups in total. The Labute approximate surface area is 208 Å². The molecule has 0 saturated carbocycles. The molecular formula is C33H23NO2. The number of aromatic nitrogens is 1. The van der Waals surface area contributed by atoms with Crippen LogP contribution in [0.4, 0.5) is 0 Å². The highest BCUT2D eigenvalue weighted by atomic mass is 16.3. The van der Waals surface area contributed by atoms with Crippen molar-refractivity contribution in [3.05, 3.63) is 108 Å². The van der Waals surface area contributed by atoms with E-state index in [1.807, 2.05) is 43.5 Å². The number of aryl methyl sites for hydroxylation is 1. The lowest BCUT2D eigenvalue weighted by Crippen LogP contribution is -1.90. The first-order valence-electron chi connectivity index (χ1n) is 12.2. The van der Waals surface area contributed by atoms with Crippen molar-refractivity contribution in [1.82, 2.24) is 4.98 Å². The minimum absolute atomic E-state index is 0.856. The van der Waals surface area contributed by atoms with E-state index < -0.39 is 0 Å². The van der Waals surface area contributed by atoms with Gasteiger partial charge in [0.1, 0.15) is 22.3 Å². The third kappa shape index (κ3) is 3.03. The van der Waals surface area contributed by atoms with Crippen molar-refractivity contribution in [2.24, 2.45) is 0 Å². The molecular weight excluding hydrogens is 442 g/mol. The summed E-state index contributed by atoms with van der Waals surface area (Å²) < 4.78 is 13.1. The summed E-state index contributed by atoms with van der Waals surface area (Å²) in [6, 6.07) is 29.0. The van der Waals surface area contributed by atoms with Crippen LogP contribution in [0.25, 0.3) is 72.3 Å². The second-order valence-electron chi connectivity index (χ2n) is 9.17.